The highest BCUT2D eigenvalue weighted by Crippen LogP contribution is 2.53. The van der Waals surface area contributed by atoms with Crippen molar-refractivity contribution in [2.24, 2.45) is 16.6 Å². The van der Waals surface area contributed by atoms with Crippen LogP contribution in [0.25, 0.3) is 0 Å². The summed E-state index contributed by atoms with van der Waals surface area (Å²) in [5.41, 5.74) is 7.03. The van der Waals surface area contributed by atoms with Gasteiger partial charge in [0, 0.05) is 36.5 Å². The maximum atomic E-state index is 13.6. The molecule has 1 aliphatic carbocycles. The molecular formula is C27H34N4O5S2. The van der Waals surface area contributed by atoms with E-state index in [0.29, 0.717) is 31.1 Å². The Morgan fingerprint density at radius 2 is 1.79 bits per heavy atom. The first-order chi connectivity index (χ1) is 17.7. The van der Waals surface area contributed by atoms with Crippen LogP contribution in [0.2, 0.25) is 0 Å². The molecule has 3 N–H and O–H groups in total. The monoisotopic (exact) mass is 558 g/mol. The normalized spacial score (nSPS) is 24.6. The summed E-state index contributed by atoms with van der Waals surface area (Å²) in [6.45, 7) is 9.43. The quantitative estimate of drug-likeness (QED) is 0.579. The van der Waals surface area contributed by atoms with Gasteiger partial charge in [-0.05, 0) is 66.3 Å². The van der Waals surface area contributed by atoms with Gasteiger partial charge in [0.25, 0.3) is 11.8 Å². The van der Waals surface area contributed by atoms with Crippen LogP contribution in [0.3, 0.4) is 0 Å². The molecule has 11 heteroatoms. The number of fused-ring (bicyclic) bond motifs is 3. The van der Waals surface area contributed by atoms with Crippen LogP contribution in [0, 0.1) is 10.8 Å². The number of carbonyl (C=O) groups excluding carboxylic acids is 3. The number of sulfonamides is 1. The van der Waals surface area contributed by atoms with E-state index in [4.69, 9.17) is 5.73 Å². The maximum Gasteiger partial charge on any atom is 0.256 e. The Labute approximate surface area is 227 Å². The van der Waals surface area contributed by atoms with E-state index in [1.54, 1.807) is 9.21 Å². The van der Waals surface area contributed by atoms with Crippen molar-refractivity contribution in [2.45, 2.75) is 70.9 Å². The lowest BCUT2D eigenvalue weighted by Gasteiger charge is -2.39. The van der Waals surface area contributed by atoms with Crippen molar-refractivity contribution in [2.75, 3.05) is 18.4 Å². The predicted octanol–water partition coefficient (Wildman–Crippen LogP) is 3.59. The van der Waals surface area contributed by atoms with Gasteiger partial charge in [0.15, 0.2) is 0 Å². The molecule has 3 heterocycles. The maximum absolute atomic E-state index is 13.6. The Bertz CT molecular complexity index is 1430. The molecule has 2 bridgehead atoms. The van der Waals surface area contributed by atoms with Gasteiger partial charge in [0.2, 0.25) is 15.9 Å². The number of hydrogen-bond acceptors (Lipinski definition) is 6. The van der Waals surface area contributed by atoms with Gasteiger partial charge in [-0.25, -0.2) is 8.42 Å². The lowest BCUT2D eigenvalue weighted by molar-refractivity contribution is -0.129. The van der Waals surface area contributed by atoms with Crippen LogP contribution >= 0.6 is 11.3 Å². The van der Waals surface area contributed by atoms with Crippen molar-refractivity contribution in [3.05, 3.63) is 45.8 Å². The second kappa shape index (κ2) is 9.17. The molecule has 2 unspecified atom stereocenters. The molecule has 2 fully saturated rings. The number of thiophene rings is 1. The summed E-state index contributed by atoms with van der Waals surface area (Å²) in [4.78, 5) is 39.8. The van der Waals surface area contributed by atoms with Crippen LogP contribution in [0.1, 0.15) is 78.1 Å². The van der Waals surface area contributed by atoms with Crippen LogP contribution in [-0.4, -0.2) is 54.5 Å². The number of amides is 3. The Morgan fingerprint density at radius 3 is 2.42 bits per heavy atom. The minimum absolute atomic E-state index is 0.0206. The fraction of sp³-hybridized carbons (Fsp3) is 0.519. The summed E-state index contributed by atoms with van der Waals surface area (Å²) in [5, 5.41) is 3.12. The number of carbonyl (C=O) groups is 3. The Balaban J connectivity index is 1.35. The average Bonchev–Trinajstić information content (AvgIpc) is 3.31. The van der Waals surface area contributed by atoms with Gasteiger partial charge < -0.3 is 16.0 Å². The molecule has 38 heavy (non-hydrogen) atoms. The molecule has 3 amide bonds. The summed E-state index contributed by atoms with van der Waals surface area (Å²) in [7, 11) is -3.70. The topological polar surface area (TPSA) is 130 Å². The van der Waals surface area contributed by atoms with Crippen LogP contribution in [0.4, 0.5) is 5.00 Å². The SMILES string of the molecule is CC(=O)N1CCc2c(sc(NC(=O)c3ccc(S(=O)(=O)N4CC5(C)CC4CC(C)(C)C5)cc3)c2C(N)=O)C1. The summed E-state index contributed by atoms with van der Waals surface area (Å²) in [6.07, 6.45) is 3.18. The number of primary amides is 1. The minimum atomic E-state index is -3.70. The Hall–Kier alpha value is -2.76. The first kappa shape index (κ1) is 26.8. The van der Waals surface area contributed by atoms with E-state index < -0.39 is 21.8 Å². The number of nitrogens with one attached hydrogen (secondary N) is 1. The fourth-order valence-electron chi connectivity index (χ4n) is 6.80. The van der Waals surface area contributed by atoms with E-state index in [1.807, 2.05) is 0 Å². The van der Waals surface area contributed by atoms with Crippen molar-refractivity contribution in [1.29, 1.82) is 0 Å². The van der Waals surface area contributed by atoms with Gasteiger partial charge in [-0.15, -0.1) is 11.3 Å². The zero-order valence-electron chi connectivity index (χ0n) is 22.2. The number of nitrogens with zero attached hydrogens (tertiary/aromatic N) is 2. The highest BCUT2D eigenvalue weighted by atomic mass is 32.2. The van der Waals surface area contributed by atoms with Gasteiger partial charge in [-0.3, -0.25) is 14.4 Å². The van der Waals surface area contributed by atoms with Gasteiger partial charge in [-0.2, -0.15) is 4.31 Å². The van der Waals surface area contributed by atoms with Crippen molar-refractivity contribution < 1.29 is 22.8 Å². The molecule has 1 aromatic heterocycles. The van der Waals surface area contributed by atoms with Gasteiger partial charge in [0.1, 0.15) is 5.00 Å². The Kier molecular flexibility index (Phi) is 6.47. The molecule has 1 saturated heterocycles. The lowest BCUT2D eigenvalue weighted by atomic mass is 9.65. The molecule has 3 aliphatic rings. The van der Waals surface area contributed by atoms with Crippen LogP contribution < -0.4 is 11.1 Å². The number of nitrogens with two attached hydrogens (primary N) is 1. The van der Waals surface area contributed by atoms with E-state index in [2.05, 4.69) is 26.1 Å². The Morgan fingerprint density at radius 1 is 1.11 bits per heavy atom. The van der Waals surface area contributed by atoms with E-state index in [9.17, 15) is 22.8 Å². The number of benzene rings is 1. The number of hydrogen-bond donors (Lipinski definition) is 2. The molecule has 204 valence electrons. The zero-order chi connectivity index (χ0) is 27.6. The molecule has 9 nitrogen and oxygen atoms in total. The molecule has 0 radical (unpaired) electrons. The van der Waals surface area contributed by atoms with Gasteiger partial charge in [-0.1, -0.05) is 20.8 Å². The largest absolute Gasteiger partial charge is 0.365 e. The first-order valence-corrected chi connectivity index (χ1v) is 15.1. The van der Waals surface area contributed by atoms with E-state index in [1.165, 1.54) is 42.5 Å². The van der Waals surface area contributed by atoms with Crippen LogP contribution in [0.5, 0.6) is 0 Å². The minimum Gasteiger partial charge on any atom is -0.365 e. The van der Waals surface area contributed by atoms with Crippen LogP contribution in [0.15, 0.2) is 29.2 Å². The third kappa shape index (κ3) is 4.76. The second-order valence-electron chi connectivity index (χ2n) is 12.0. The third-order valence-electron chi connectivity index (χ3n) is 8.07. The molecular weight excluding hydrogens is 524 g/mol. The molecule has 1 aromatic carbocycles. The van der Waals surface area contributed by atoms with Crippen molar-refractivity contribution >= 4 is 44.1 Å². The standard InChI is InChI=1S/C27H34N4O5S2/c1-16(32)30-10-9-20-21(13-30)37-25(22(20)23(28)33)29-24(34)17-5-7-19(8-6-17)38(35,36)31-15-27(4)12-18(31)11-26(2,3)14-27/h5-8,18H,9-15H2,1-4H3,(H2,28,33)(H,29,34). The zero-order valence-corrected chi connectivity index (χ0v) is 23.8. The summed E-state index contributed by atoms with van der Waals surface area (Å²) in [6, 6.07) is 5.90. The van der Waals surface area contributed by atoms with Crippen molar-refractivity contribution in [1.82, 2.24) is 9.21 Å². The molecule has 2 atom stereocenters. The molecule has 2 aliphatic heterocycles. The highest BCUT2D eigenvalue weighted by molar-refractivity contribution is 7.89. The van der Waals surface area contributed by atoms with Gasteiger partial charge in [0.05, 0.1) is 17.0 Å². The molecule has 5 rings (SSSR count). The van der Waals surface area contributed by atoms with E-state index >= 15 is 0 Å². The summed E-state index contributed by atoms with van der Waals surface area (Å²) in [5.74, 6) is -1.16. The predicted molar refractivity (Wildman–Crippen MR) is 145 cm³/mol. The van der Waals surface area contributed by atoms with Crippen molar-refractivity contribution in [3.63, 3.8) is 0 Å². The fourth-order valence-corrected chi connectivity index (χ4v) is 9.84. The first-order valence-electron chi connectivity index (χ1n) is 12.8. The molecule has 1 saturated carbocycles. The third-order valence-corrected chi connectivity index (χ3v) is 11.1. The van der Waals surface area contributed by atoms with E-state index in [0.717, 1.165) is 29.7 Å². The smallest absolute Gasteiger partial charge is 0.256 e. The highest BCUT2D eigenvalue weighted by Gasteiger charge is 2.53. The molecule has 2 aromatic rings. The number of rotatable bonds is 5. The van der Waals surface area contributed by atoms with Crippen molar-refractivity contribution in [3.8, 4) is 0 Å². The average molecular weight is 559 g/mol. The lowest BCUT2D eigenvalue weighted by Crippen LogP contribution is -2.37. The van der Waals surface area contributed by atoms with E-state index in [-0.39, 0.29) is 38.8 Å². The second-order valence-corrected chi connectivity index (χ2v) is 15.0. The number of anilines is 1. The summed E-state index contributed by atoms with van der Waals surface area (Å²) < 4.78 is 28.8. The van der Waals surface area contributed by atoms with Gasteiger partial charge >= 0.3 is 0 Å². The van der Waals surface area contributed by atoms with Crippen LogP contribution in [-0.2, 0) is 27.8 Å². The summed E-state index contributed by atoms with van der Waals surface area (Å²) >= 11 is 1.24. The molecule has 0 spiro atoms.